The van der Waals surface area contributed by atoms with E-state index >= 15 is 0 Å². The van der Waals surface area contributed by atoms with Crippen LogP contribution < -0.4 is 10.6 Å². The van der Waals surface area contributed by atoms with Crippen LogP contribution in [-0.4, -0.2) is 11.7 Å². The van der Waals surface area contributed by atoms with Crippen LogP contribution in [0, 0.1) is 0 Å². The summed E-state index contributed by atoms with van der Waals surface area (Å²) in [5.41, 5.74) is 4.36. The highest BCUT2D eigenvalue weighted by atomic mass is 16.6. The summed E-state index contributed by atoms with van der Waals surface area (Å²) in [5, 5.41) is 5.72. The van der Waals surface area contributed by atoms with Crippen molar-refractivity contribution in [1.29, 1.82) is 0 Å². The summed E-state index contributed by atoms with van der Waals surface area (Å²) >= 11 is 0. The van der Waals surface area contributed by atoms with Gasteiger partial charge in [-0.2, -0.15) is 0 Å². The Morgan fingerprint density at radius 3 is 2.18 bits per heavy atom. The molecular formula is C24H32N2O2. The van der Waals surface area contributed by atoms with E-state index in [-0.39, 0.29) is 5.41 Å². The minimum atomic E-state index is -0.540. The van der Waals surface area contributed by atoms with Crippen LogP contribution in [0.25, 0.3) is 11.1 Å². The van der Waals surface area contributed by atoms with Crippen LogP contribution in [0.15, 0.2) is 60.9 Å². The highest BCUT2D eigenvalue weighted by Crippen LogP contribution is 2.26. The van der Waals surface area contributed by atoms with Gasteiger partial charge in [0.25, 0.3) is 0 Å². The van der Waals surface area contributed by atoms with Crippen molar-refractivity contribution in [2.75, 3.05) is 0 Å². The fourth-order valence-electron chi connectivity index (χ4n) is 2.70. The Hall–Kier alpha value is -2.75. The Bertz CT molecular complexity index is 825. The predicted octanol–water partition coefficient (Wildman–Crippen LogP) is 5.74. The molecule has 0 heterocycles. The molecule has 2 N–H and O–H groups in total. The first-order valence-electron chi connectivity index (χ1n) is 9.57. The van der Waals surface area contributed by atoms with E-state index in [0.29, 0.717) is 12.4 Å². The van der Waals surface area contributed by atoms with Gasteiger partial charge in [0.15, 0.2) is 0 Å². The van der Waals surface area contributed by atoms with Gasteiger partial charge in [-0.3, -0.25) is 5.32 Å². The van der Waals surface area contributed by atoms with Crippen molar-refractivity contribution in [3.63, 3.8) is 0 Å². The molecule has 0 spiro atoms. The van der Waals surface area contributed by atoms with Crippen LogP contribution in [-0.2, 0) is 16.7 Å². The number of nitrogens with one attached hydrogen (secondary N) is 2. The first kappa shape index (κ1) is 21.5. The summed E-state index contributed by atoms with van der Waals surface area (Å²) in [6, 6.07) is 17.0. The van der Waals surface area contributed by atoms with Gasteiger partial charge in [-0.25, -0.2) is 4.79 Å². The molecule has 4 heteroatoms. The smallest absolute Gasteiger partial charge is 0.413 e. The third-order valence-electron chi connectivity index (χ3n) is 4.17. The van der Waals surface area contributed by atoms with Crippen molar-refractivity contribution in [3.8, 4) is 11.1 Å². The Kier molecular flexibility index (Phi) is 6.55. The van der Waals surface area contributed by atoms with Gasteiger partial charge in [0, 0.05) is 6.54 Å². The van der Waals surface area contributed by atoms with Gasteiger partial charge < -0.3 is 10.1 Å². The Balaban J connectivity index is 1.98. The minimum Gasteiger partial charge on any atom is -0.444 e. The van der Waals surface area contributed by atoms with Gasteiger partial charge in [-0.1, -0.05) is 69.8 Å². The molecule has 0 saturated carbocycles. The Labute approximate surface area is 169 Å². The highest BCUT2D eigenvalue weighted by molar-refractivity contribution is 5.69. The number of benzene rings is 2. The summed E-state index contributed by atoms with van der Waals surface area (Å²) in [6.07, 6.45) is -0.516. The molecule has 1 amide bonds. The largest absolute Gasteiger partial charge is 0.444 e. The summed E-state index contributed by atoms with van der Waals surface area (Å²) in [6.45, 7) is 16.5. The second-order valence-electron chi connectivity index (χ2n) is 8.99. The number of carbonyl (C=O) groups is 1. The maximum Gasteiger partial charge on any atom is 0.413 e. The van der Waals surface area contributed by atoms with Crippen LogP contribution in [0.3, 0.4) is 0 Å². The predicted molar refractivity (Wildman–Crippen MR) is 116 cm³/mol. The van der Waals surface area contributed by atoms with Crippen LogP contribution in [0.1, 0.15) is 52.7 Å². The molecule has 0 aliphatic rings. The van der Waals surface area contributed by atoms with E-state index in [4.69, 9.17) is 4.74 Å². The maximum absolute atomic E-state index is 11.8. The van der Waals surface area contributed by atoms with Crippen LogP contribution >= 0.6 is 0 Å². The number of ether oxygens (including phenoxy) is 1. The van der Waals surface area contributed by atoms with E-state index in [1.165, 1.54) is 11.1 Å². The van der Waals surface area contributed by atoms with Crippen LogP contribution in [0.2, 0.25) is 0 Å². The Morgan fingerprint density at radius 2 is 1.61 bits per heavy atom. The van der Waals surface area contributed by atoms with Crippen molar-refractivity contribution < 1.29 is 9.53 Å². The topological polar surface area (TPSA) is 50.4 Å². The van der Waals surface area contributed by atoms with E-state index in [1.807, 2.05) is 32.9 Å². The summed E-state index contributed by atoms with van der Waals surface area (Å²) in [4.78, 5) is 11.8. The lowest BCUT2D eigenvalue weighted by Crippen LogP contribution is -2.35. The zero-order chi connectivity index (χ0) is 20.9. The van der Waals surface area contributed by atoms with Gasteiger partial charge in [0.1, 0.15) is 11.4 Å². The first-order valence-corrected chi connectivity index (χ1v) is 9.57. The van der Waals surface area contributed by atoms with Gasteiger partial charge in [-0.05, 0) is 54.5 Å². The SMILES string of the molecule is C=C(NCc1cccc(-c2ccc(C(C)(C)C)cc2)c1)NC(=O)OC(C)(C)C. The van der Waals surface area contributed by atoms with Crippen molar-refractivity contribution in [2.45, 2.75) is 59.1 Å². The van der Waals surface area contributed by atoms with Gasteiger partial charge in [-0.15, -0.1) is 0 Å². The second-order valence-corrected chi connectivity index (χ2v) is 8.99. The summed E-state index contributed by atoms with van der Waals surface area (Å²) < 4.78 is 5.22. The lowest BCUT2D eigenvalue weighted by atomic mass is 9.86. The molecule has 2 aromatic rings. The number of alkyl carbamates (subject to hydrolysis) is 1. The average molecular weight is 381 g/mol. The van der Waals surface area contributed by atoms with E-state index in [0.717, 1.165) is 11.1 Å². The second kappa shape index (κ2) is 8.51. The minimum absolute atomic E-state index is 0.145. The molecule has 0 unspecified atom stereocenters. The molecule has 0 aromatic heterocycles. The third-order valence-corrected chi connectivity index (χ3v) is 4.17. The van der Waals surface area contributed by atoms with Crippen LogP contribution in [0.5, 0.6) is 0 Å². The highest BCUT2D eigenvalue weighted by Gasteiger charge is 2.16. The number of hydrogen-bond acceptors (Lipinski definition) is 3. The molecule has 0 atom stereocenters. The van der Waals surface area contributed by atoms with E-state index in [1.54, 1.807) is 0 Å². The fourth-order valence-corrected chi connectivity index (χ4v) is 2.70. The number of rotatable bonds is 5. The molecule has 0 fully saturated rings. The first-order chi connectivity index (χ1) is 12.9. The fraction of sp³-hybridized carbons (Fsp3) is 0.375. The van der Waals surface area contributed by atoms with Crippen molar-refractivity contribution in [2.24, 2.45) is 0 Å². The van der Waals surface area contributed by atoms with E-state index < -0.39 is 11.7 Å². The molecule has 0 radical (unpaired) electrons. The van der Waals surface area contributed by atoms with Crippen molar-refractivity contribution in [3.05, 3.63) is 72.1 Å². The van der Waals surface area contributed by atoms with E-state index in [9.17, 15) is 4.79 Å². The van der Waals surface area contributed by atoms with Crippen molar-refractivity contribution >= 4 is 6.09 Å². The zero-order valence-electron chi connectivity index (χ0n) is 17.8. The van der Waals surface area contributed by atoms with E-state index in [2.05, 4.69) is 74.4 Å². The molecule has 0 aliphatic carbocycles. The lowest BCUT2D eigenvalue weighted by molar-refractivity contribution is 0.0542. The summed E-state index contributed by atoms with van der Waals surface area (Å²) in [7, 11) is 0. The molecule has 150 valence electrons. The Morgan fingerprint density at radius 1 is 0.964 bits per heavy atom. The number of carbonyl (C=O) groups excluding carboxylic acids is 1. The normalized spacial score (nSPS) is 11.6. The third kappa shape index (κ3) is 6.76. The van der Waals surface area contributed by atoms with Crippen molar-refractivity contribution in [1.82, 2.24) is 10.6 Å². The van der Waals surface area contributed by atoms with Gasteiger partial charge >= 0.3 is 6.09 Å². The molecule has 2 rings (SSSR count). The van der Waals surface area contributed by atoms with Gasteiger partial charge in [0.05, 0.1) is 0 Å². The average Bonchev–Trinajstić information content (AvgIpc) is 2.58. The maximum atomic E-state index is 11.8. The lowest BCUT2D eigenvalue weighted by Gasteiger charge is -2.20. The molecule has 2 aromatic carbocycles. The zero-order valence-corrected chi connectivity index (χ0v) is 17.8. The van der Waals surface area contributed by atoms with Gasteiger partial charge in [0.2, 0.25) is 0 Å². The molecule has 0 bridgehead atoms. The number of hydrogen-bond donors (Lipinski definition) is 2. The molecule has 4 nitrogen and oxygen atoms in total. The quantitative estimate of drug-likeness (QED) is 0.696. The monoisotopic (exact) mass is 380 g/mol. The molecular weight excluding hydrogens is 348 g/mol. The number of amides is 1. The van der Waals surface area contributed by atoms with Crippen LogP contribution in [0.4, 0.5) is 4.79 Å². The molecule has 0 aliphatic heterocycles. The summed E-state index contributed by atoms with van der Waals surface area (Å²) in [5.74, 6) is 0.411. The molecule has 28 heavy (non-hydrogen) atoms. The molecule has 0 saturated heterocycles. The standard InChI is InChI=1S/C24H32N2O2/c1-17(26-22(27)28-24(5,6)7)25-16-18-9-8-10-20(15-18)19-11-13-21(14-12-19)23(2,3)4/h8-15,25H,1,16H2,2-7H3,(H,26,27).